The fourth-order valence-electron chi connectivity index (χ4n) is 3.76. The van der Waals surface area contributed by atoms with Crippen LogP contribution in [0.3, 0.4) is 0 Å². The molecular weight excluding hydrogens is 288 g/mol. The van der Waals surface area contributed by atoms with E-state index in [0.717, 1.165) is 37.0 Å². The third-order valence-electron chi connectivity index (χ3n) is 4.97. The van der Waals surface area contributed by atoms with Crippen molar-refractivity contribution in [3.05, 3.63) is 36.2 Å². The Morgan fingerprint density at radius 3 is 2.70 bits per heavy atom. The number of amides is 1. The van der Waals surface area contributed by atoms with E-state index in [4.69, 9.17) is 0 Å². The minimum Gasteiger partial charge on any atom is -0.333 e. The second kappa shape index (κ2) is 6.24. The largest absolute Gasteiger partial charge is 0.333 e. The zero-order valence-corrected chi connectivity index (χ0v) is 13.3. The van der Waals surface area contributed by atoms with Crippen LogP contribution < -0.4 is 0 Å². The molecule has 2 aliphatic heterocycles. The van der Waals surface area contributed by atoms with E-state index in [9.17, 15) is 4.79 Å². The molecule has 0 radical (unpaired) electrons. The Bertz CT molecular complexity index is 711. The van der Waals surface area contributed by atoms with Crippen molar-refractivity contribution in [2.24, 2.45) is 0 Å². The number of aromatic nitrogens is 2. The summed E-state index contributed by atoms with van der Waals surface area (Å²) in [7, 11) is 0. The van der Waals surface area contributed by atoms with E-state index in [1.165, 1.54) is 25.9 Å². The van der Waals surface area contributed by atoms with Crippen LogP contribution in [0, 0.1) is 0 Å². The van der Waals surface area contributed by atoms with Crippen molar-refractivity contribution >= 4 is 16.9 Å². The van der Waals surface area contributed by atoms with Gasteiger partial charge in [-0.25, -0.2) is 4.98 Å². The normalized spacial score (nSPS) is 22.1. The predicted molar refractivity (Wildman–Crippen MR) is 89.3 cm³/mol. The lowest BCUT2D eigenvalue weighted by Gasteiger charge is -2.28. The first kappa shape index (κ1) is 14.6. The number of rotatable bonds is 3. The molecule has 120 valence electrons. The van der Waals surface area contributed by atoms with E-state index in [2.05, 4.69) is 14.9 Å². The van der Waals surface area contributed by atoms with Crippen molar-refractivity contribution in [1.82, 2.24) is 19.8 Å². The van der Waals surface area contributed by atoms with Gasteiger partial charge in [-0.15, -0.1) is 0 Å². The lowest BCUT2D eigenvalue weighted by atomic mass is 10.2. The number of hydrogen-bond acceptors (Lipinski definition) is 4. The third-order valence-corrected chi connectivity index (χ3v) is 4.97. The first-order chi connectivity index (χ1) is 11.3. The van der Waals surface area contributed by atoms with Gasteiger partial charge < -0.3 is 9.80 Å². The number of hydrogen-bond donors (Lipinski definition) is 0. The maximum absolute atomic E-state index is 12.9. The van der Waals surface area contributed by atoms with Gasteiger partial charge in [0.05, 0.1) is 17.2 Å². The Morgan fingerprint density at radius 1 is 1.09 bits per heavy atom. The standard InChI is InChI=1S/C18H22N4O/c23-18(17-12-19-15-7-1-2-8-16(15)20-17)22-11-5-6-14(22)13-21-9-3-4-10-21/h1-2,7-8,12,14H,3-6,9-11,13H2/t14-/m0/s1. The first-order valence-corrected chi connectivity index (χ1v) is 8.56. The fraction of sp³-hybridized carbons (Fsp3) is 0.500. The van der Waals surface area contributed by atoms with Crippen LogP contribution in [0.2, 0.25) is 0 Å². The number of likely N-dealkylation sites (tertiary alicyclic amines) is 2. The molecule has 0 bridgehead atoms. The summed E-state index contributed by atoms with van der Waals surface area (Å²) in [6.45, 7) is 4.20. The highest BCUT2D eigenvalue weighted by Crippen LogP contribution is 2.22. The molecule has 0 N–H and O–H groups in total. The van der Waals surface area contributed by atoms with Gasteiger partial charge >= 0.3 is 0 Å². The molecule has 2 aliphatic rings. The quantitative estimate of drug-likeness (QED) is 0.873. The molecule has 5 heteroatoms. The number of nitrogens with zero attached hydrogens (tertiary/aromatic N) is 4. The maximum Gasteiger partial charge on any atom is 0.274 e. The zero-order valence-electron chi connectivity index (χ0n) is 13.3. The third kappa shape index (κ3) is 2.93. The van der Waals surface area contributed by atoms with Crippen LogP contribution in [0.15, 0.2) is 30.5 Å². The van der Waals surface area contributed by atoms with Crippen LogP contribution >= 0.6 is 0 Å². The average molecular weight is 310 g/mol. The Kier molecular flexibility index (Phi) is 3.95. The highest BCUT2D eigenvalue weighted by Gasteiger charge is 2.32. The number of fused-ring (bicyclic) bond motifs is 1. The molecule has 0 aliphatic carbocycles. The first-order valence-electron chi connectivity index (χ1n) is 8.56. The topological polar surface area (TPSA) is 49.3 Å². The van der Waals surface area contributed by atoms with Gasteiger partial charge in [0.15, 0.2) is 0 Å². The predicted octanol–water partition coefficient (Wildman–Crippen LogP) is 2.33. The van der Waals surface area contributed by atoms with Crippen molar-refractivity contribution in [3.8, 4) is 0 Å². The van der Waals surface area contributed by atoms with Gasteiger partial charge in [-0.05, 0) is 50.9 Å². The summed E-state index contributed by atoms with van der Waals surface area (Å²) in [4.78, 5) is 26.3. The molecule has 0 spiro atoms. The van der Waals surface area contributed by atoms with Crippen molar-refractivity contribution in [1.29, 1.82) is 0 Å². The van der Waals surface area contributed by atoms with Gasteiger partial charge in [0.25, 0.3) is 5.91 Å². The fourth-order valence-corrected chi connectivity index (χ4v) is 3.76. The highest BCUT2D eigenvalue weighted by molar-refractivity contribution is 5.94. The molecule has 5 nitrogen and oxygen atoms in total. The summed E-state index contributed by atoms with van der Waals surface area (Å²) in [6, 6.07) is 8.02. The van der Waals surface area contributed by atoms with Crippen molar-refractivity contribution in [2.45, 2.75) is 31.7 Å². The Hall–Kier alpha value is -2.01. The van der Waals surface area contributed by atoms with Crippen LogP contribution in [0.1, 0.15) is 36.2 Å². The van der Waals surface area contributed by atoms with Crippen LogP contribution in [-0.4, -0.2) is 57.9 Å². The van der Waals surface area contributed by atoms with Crippen molar-refractivity contribution in [2.75, 3.05) is 26.2 Å². The van der Waals surface area contributed by atoms with Crippen molar-refractivity contribution in [3.63, 3.8) is 0 Å². The van der Waals surface area contributed by atoms with Crippen LogP contribution in [0.5, 0.6) is 0 Å². The molecule has 2 aromatic rings. The van der Waals surface area contributed by atoms with E-state index < -0.39 is 0 Å². The molecule has 0 saturated carbocycles. The molecule has 1 amide bonds. The highest BCUT2D eigenvalue weighted by atomic mass is 16.2. The number of carbonyl (C=O) groups excluding carboxylic acids is 1. The molecule has 4 rings (SSSR count). The minimum atomic E-state index is 0.0324. The summed E-state index contributed by atoms with van der Waals surface area (Å²) in [5.74, 6) is 0.0324. The van der Waals surface area contributed by atoms with E-state index in [0.29, 0.717) is 11.7 Å². The number of para-hydroxylation sites is 2. The van der Waals surface area contributed by atoms with E-state index in [-0.39, 0.29) is 5.91 Å². The lowest BCUT2D eigenvalue weighted by molar-refractivity contribution is 0.0703. The maximum atomic E-state index is 12.9. The summed E-state index contributed by atoms with van der Waals surface area (Å²) in [6.07, 6.45) is 6.39. The SMILES string of the molecule is O=C(c1cnc2ccccc2n1)N1CCC[C@H]1CN1CCCC1. The van der Waals surface area contributed by atoms with Crippen molar-refractivity contribution < 1.29 is 4.79 Å². The van der Waals surface area contributed by atoms with Crippen LogP contribution in [0.4, 0.5) is 0 Å². The van der Waals surface area contributed by atoms with Gasteiger partial charge in [0, 0.05) is 19.1 Å². The van der Waals surface area contributed by atoms with Gasteiger partial charge in [-0.2, -0.15) is 0 Å². The lowest BCUT2D eigenvalue weighted by Crippen LogP contribution is -2.42. The molecule has 1 atom stereocenters. The van der Waals surface area contributed by atoms with Gasteiger partial charge in [-0.3, -0.25) is 9.78 Å². The van der Waals surface area contributed by atoms with Gasteiger partial charge in [-0.1, -0.05) is 12.1 Å². The van der Waals surface area contributed by atoms with Gasteiger partial charge in [0.1, 0.15) is 5.69 Å². The Morgan fingerprint density at radius 2 is 1.87 bits per heavy atom. The zero-order chi connectivity index (χ0) is 15.6. The molecule has 0 unspecified atom stereocenters. The summed E-state index contributed by atoms with van der Waals surface area (Å²) < 4.78 is 0. The Labute approximate surface area is 136 Å². The molecule has 3 heterocycles. The minimum absolute atomic E-state index is 0.0324. The second-order valence-corrected chi connectivity index (χ2v) is 6.55. The monoisotopic (exact) mass is 310 g/mol. The molecule has 2 fully saturated rings. The van der Waals surface area contributed by atoms with Gasteiger partial charge in [0.2, 0.25) is 0 Å². The Balaban J connectivity index is 1.53. The summed E-state index contributed by atoms with van der Waals surface area (Å²) >= 11 is 0. The van der Waals surface area contributed by atoms with E-state index in [1.807, 2.05) is 29.2 Å². The molecule has 2 saturated heterocycles. The smallest absolute Gasteiger partial charge is 0.274 e. The summed E-state index contributed by atoms with van der Waals surface area (Å²) in [5.41, 5.74) is 2.09. The van der Waals surface area contributed by atoms with Crippen LogP contribution in [0.25, 0.3) is 11.0 Å². The van der Waals surface area contributed by atoms with E-state index in [1.54, 1.807) is 6.20 Å². The molecule has 1 aromatic carbocycles. The molecule has 1 aromatic heterocycles. The van der Waals surface area contributed by atoms with Crippen LogP contribution in [-0.2, 0) is 0 Å². The van der Waals surface area contributed by atoms with E-state index >= 15 is 0 Å². The second-order valence-electron chi connectivity index (χ2n) is 6.55. The average Bonchev–Trinajstić information content (AvgIpc) is 3.26. The number of benzene rings is 1. The number of carbonyl (C=O) groups is 1. The molecular formula is C18H22N4O. The molecule has 23 heavy (non-hydrogen) atoms. The summed E-state index contributed by atoms with van der Waals surface area (Å²) in [5, 5.41) is 0.